The highest BCUT2D eigenvalue weighted by atomic mass is 15.0. The predicted octanol–water partition coefficient (Wildman–Crippen LogP) is 4.26. The molecule has 0 aliphatic rings. The number of benzene rings is 2. The maximum atomic E-state index is 4.78. The van der Waals surface area contributed by atoms with Gasteiger partial charge >= 0.3 is 0 Å². The van der Waals surface area contributed by atoms with Crippen molar-refractivity contribution in [1.82, 2.24) is 9.38 Å². The monoisotopic (exact) mass is 246 g/mol. The summed E-state index contributed by atoms with van der Waals surface area (Å²) in [5.74, 6) is 0. The van der Waals surface area contributed by atoms with Gasteiger partial charge in [-0.25, -0.2) is 4.98 Å². The lowest BCUT2D eigenvalue weighted by Crippen LogP contribution is -1.90. The minimum Gasteiger partial charge on any atom is -0.299 e. The van der Waals surface area contributed by atoms with Gasteiger partial charge < -0.3 is 0 Å². The van der Waals surface area contributed by atoms with Crippen LogP contribution >= 0.6 is 0 Å². The molecular formula is C17H14N2. The highest BCUT2D eigenvalue weighted by molar-refractivity contribution is 5.99. The molecular weight excluding hydrogens is 232 g/mol. The number of imidazole rings is 1. The van der Waals surface area contributed by atoms with Gasteiger partial charge in [-0.05, 0) is 36.9 Å². The van der Waals surface area contributed by atoms with Crippen molar-refractivity contribution in [3.8, 4) is 0 Å². The molecule has 0 fully saturated rings. The van der Waals surface area contributed by atoms with Crippen LogP contribution in [0, 0.1) is 13.8 Å². The zero-order chi connectivity index (χ0) is 13.0. The average molecular weight is 246 g/mol. The van der Waals surface area contributed by atoms with Crippen LogP contribution in [0.1, 0.15) is 11.1 Å². The lowest BCUT2D eigenvalue weighted by Gasteiger charge is -2.06. The van der Waals surface area contributed by atoms with E-state index in [0.717, 1.165) is 11.2 Å². The lowest BCUT2D eigenvalue weighted by atomic mass is 10.1. The van der Waals surface area contributed by atoms with E-state index in [1.165, 1.54) is 27.4 Å². The summed E-state index contributed by atoms with van der Waals surface area (Å²) >= 11 is 0. The van der Waals surface area contributed by atoms with Crippen LogP contribution in [0.4, 0.5) is 0 Å². The third kappa shape index (κ3) is 1.40. The Morgan fingerprint density at radius 2 is 1.79 bits per heavy atom. The molecule has 2 heteroatoms. The average Bonchev–Trinajstić information content (AvgIpc) is 2.78. The van der Waals surface area contributed by atoms with Crippen LogP contribution in [0.5, 0.6) is 0 Å². The Kier molecular flexibility index (Phi) is 1.99. The van der Waals surface area contributed by atoms with Crippen molar-refractivity contribution in [1.29, 1.82) is 0 Å². The van der Waals surface area contributed by atoms with E-state index in [9.17, 15) is 0 Å². The molecule has 0 amide bonds. The number of pyridine rings is 1. The molecule has 2 nitrogen and oxygen atoms in total. The predicted molar refractivity (Wildman–Crippen MR) is 79.7 cm³/mol. The second-order valence-corrected chi connectivity index (χ2v) is 5.16. The van der Waals surface area contributed by atoms with E-state index in [4.69, 9.17) is 4.98 Å². The Labute approximate surface area is 111 Å². The number of hydrogen-bond donors (Lipinski definition) is 0. The lowest BCUT2D eigenvalue weighted by molar-refractivity contribution is 1.21. The first-order valence-corrected chi connectivity index (χ1v) is 6.51. The summed E-state index contributed by atoms with van der Waals surface area (Å²) in [7, 11) is 0. The SMILES string of the molecule is Cc1ccc2c(c1)c(C)cn1c3ccccc3nc21. The fourth-order valence-electron chi connectivity index (χ4n) is 2.81. The van der Waals surface area contributed by atoms with E-state index in [-0.39, 0.29) is 0 Å². The van der Waals surface area contributed by atoms with Gasteiger partial charge in [0.2, 0.25) is 0 Å². The number of hydrogen-bond acceptors (Lipinski definition) is 1. The first-order valence-electron chi connectivity index (χ1n) is 6.51. The molecule has 2 aromatic carbocycles. The first-order chi connectivity index (χ1) is 9.24. The van der Waals surface area contributed by atoms with Gasteiger partial charge in [0.1, 0.15) is 5.65 Å². The molecule has 0 saturated heterocycles. The van der Waals surface area contributed by atoms with Crippen molar-refractivity contribution in [2.45, 2.75) is 13.8 Å². The minimum absolute atomic E-state index is 1.04. The van der Waals surface area contributed by atoms with Gasteiger partial charge in [0.25, 0.3) is 0 Å². The number of para-hydroxylation sites is 2. The second kappa shape index (κ2) is 3.58. The van der Waals surface area contributed by atoms with Crippen molar-refractivity contribution in [3.63, 3.8) is 0 Å². The van der Waals surface area contributed by atoms with Crippen molar-refractivity contribution < 1.29 is 0 Å². The van der Waals surface area contributed by atoms with Crippen molar-refractivity contribution in [3.05, 3.63) is 59.8 Å². The summed E-state index contributed by atoms with van der Waals surface area (Å²) in [4.78, 5) is 4.78. The standard InChI is InChI=1S/C17H14N2/c1-11-7-8-13-14(9-11)12(2)10-19-16-6-4-3-5-15(16)18-17(13)19/h3-10H,1-2H3. The van der Waals surface area contributed by atoms with Crippen molar-refractivity contribution >= 4 is 27.5 Å². The Bertz CT molecular complexity index is 932. The van der Waals surface area contributed by atoms with Crippen LogP contribution in [0.2, 0.25) is 0 Å². The summed E-state index contributed by atoms with van der Waals surface area (Å²) in [5.41, 5.74) is 5.84. The molecule has 19 heavy (non-hydrogen) atoms. The normalized spacial score (nSPS) is 11.7. The van der Waals surface area contributed by atoms with Crippen LogP contribution in [0.25, 0.3) is 27.5 Å². The van der Waals surface area contributed by atoms with Crippen LogP contribution in [-0.2, 0) is 0 Å². The third-order valence-corrected chi connectivity index (χ3v) is 3.76. The largest absolute Gasteiger partial charge is 0.299 e. The molecule has 0 radical (unpaired) electrons. The van der Waals surface area contributed by atoms with Crippen LogP contribution in [0.3, 0.4) is 0 Å². The molecule has 0 aliphatic carbocycles. The van der Waals surface area contributed by atoms with Gasteiger partial charge in [-0.15, -0.1) is 0 Å². The van der Waals surface area contributed by atoms with E-state index in [1.54, 1.807) is 0 Å². The van der Waals surface area contributed by atoms with Gasteiger partial charge in [0.05, 0.1) is 11.0 Å². The topological polar surface area (TPSA) is 17.3 Å². The van der Waals surface area contributed by atoms with Crippen molar-refractivity contribution in [2.75, 3.05) is 0 Å². The summed E-state index contributed by atoms with van der Waals surface area (Å²) in [5, 5.41) is 2.52. The Balaban J connectivity index is 2.32. The van der Waals surface area contributed by atoms with Gasteiger partial charge in [-0.1, -0.05) is 35.9 Å². The highest BCUT2D eigenvalue weighted by Crippen LogP contribution is 2.27. The fourth-order valence-corrected chi connectivity index (χ4v) is 2.81. The summed E-state index contributed by atoms with van der Waals surface area (Å²) in [6, 6.07) is 14.9. The molecule has 0 saturated carbocycles. The quantitative estimate of drug-likeness (QED) is 0.453. The van der Waals surface area contributed by atoms with E-state index in [2.05, 4.69) is 60.8 Å². The van der Waals surface area contributed by atoms with E-state index in [0.29, 0.717) is 0 Å². The maximum Gasteiger partial charge on any atom is 0.145 e. The molecule has 92 valence electrons. The highest BCUT2D eigenvalue weighted by Gasteiger charge is 2.09. The molecule has 0 spiro atoms. The molecule has 0 N–H and O–H groups in total. The van der Waals surface area contributed by atoms with Crippen LogP contribution < -0.4 is 0 Å². The fraction of sp³-hybridized carbons (Fsp3) is 0.118. The maximum absolute atomic E-state index is 4.78. The molecule has 0 aliphatic heterocycles. The molecule has 4 rings (SSSR count). The van der Waals surface area contributed by atoms with Crippen LogP contribution in [0.15, 0.2) is 48.7 Å². The molecule has 4 aromatic rings. The molecule has 0 bridgehead atoms. The van der Waals surface area contributed by atoms with Gasteiger partial charge in [-0.2, -0.15) is 0 Å². The van der Waals surface area contributed by atoms with Gasteiger partial charge in [-0.3, -0.25) is 4.40 Å². The summed E-state index contributed by atoms with van der Waals surface area (Å²) in [6.07, 6.45) is 2.19. The van der Waals surface area contributed by atoms with E-state index in [1.807, 2.05) is 6.07 Å². The zero-order valence-electron chi connectivity index (χ0n) is 11.0. The third-order valence-electron chi connectivity index (χ3n) is 3.76. The Morgan fingerprint density at radius 1 is 0.947 bits per heavy atom. The number of nitrogens with zero attached hydrogens (tertiary/aromatic N) is 2. The minimum atomic E-state index is 1.04. The van der Waals surface area contributed by atoms with Crippen LogP contribution in [-0.4, -0.2) is 9.38 Å². The molecule has 2 heterocycles. The first kappa shape index (κ1) is 10.6. The van der Waals surface area contributed by atoms with Gasteiger partial charge in [0.15, 0.2) is 0 Å². The summed E-state index contributed by atoms with van der Waals surface area (Å²) < 4.78 is 2.20. The molecule has 0 unspecified atom stereocenters. The summed E-state index contributed by atoms with van der Waals surface area (Å²) in [6.45, 7) is 4.29. The van der Waals surface area contributed by atoms with Gasteiger partial charge in [0, 0.05) is 11.6 Å². The van der Waals surface area contributed by atoms with Crippen molar-refractivity contribution in [2.24, 2.45) is 0 Å². The zero-order valence-corrected chi connectivity index (χ0v) is 11.0. The number of rotatable bonds is 0. The Morgan fingerprint density at radius 3 is 2.68 bits per heavy atom. The number of fused-ring (bicyclic) bond motifs is 5. The molecule has 0 atom stereocenters. The van der Waals surface area contributed by atoms with E-state index >= 15 is 0 Å². The molecule has 2 aromatic heterocycles. The Hall–Kier alpha value is -2.35. The number of aromatic nitrogens is 2. The second-order valence-electron chi connectivity index (χ2n) is 5.16. The smallest absolute Gasteiger partial charge is 0.145 e. The van der Waals surface area contributed by atoms with E-state index < -0.39 is 0 Å². The number of aryl methyl sites for hydroxylation is 2.